The lowest BCUT2D eigenvalue weighted by Crippen LogP contribution is -2.53. The molecule has 52 heavy (non-hydrogen) atoms. The topological polar surface area (TPSA) is 87.1 Å². The van der Waals surface area contributed by atoms with E-state index in [1.54, 1.807) is 17.9 Å². The Bertz CT molecular complexity index is 1950. The first kappa shape index (κ1) is 37.7. The number of carbonyl (C=O) groups excluding carboxylic acids is 2. The molecule has 274 valence electrons. The van der Waals surface area contributed by atoms with Gasteiger partial charge in [0.15, 0.2) is 5.78 Å². The highest BCUT2D eigenvalue weighted by atomic mass is 35.5. The van der Waals surface area contributed by atoms with Crippen molar-refractivity contribution >= 4 is 34.2 Å². The lowest BCUT2D eigenvalue weighted by atomic mass is 9.64. The third kappa shape index (κ3) is 7.83. The fraction of sp³-hybridized carbons (Fsp3) is 0.409. The second kappa shape index (κ2) is 15.9. The summed E-state index contributed by atoms with van der Waals surface area (Å²) in [4.78, 5) is 29.6. The Hall–Kier alpha value is -4.04. The second-order valence-electron chi connectivity index (χ2n) is 14.9. The zero-order chi connectivity index (χ0) is 37.0. The summed E-state index contributed by atoms with van der Waals surface area (Å²) in [6.45, 7) is 6.43. The summed E-state index contributed by atoms with van der Waals surface area (Å²) in [7, 11) is 0. The van der Waals surface area contributed by atoms with Crippen LogP contribution >= 0.6 is 11.6 Å². The summed E-state index contributed by atoms with van der Waals surface area (Å²) in [6, 6.07) is 24.2. The van der Waals surface area contributed by atoms with Gasteiger partial charge in [-0.05, 0) is 110 Å². The van der Waals surface area contributed by atoms with E-state index in [0.29, 0.717) is 44.1 Å². The quantitative estimate of drug-likeness (QED) is 0.140. The number of allylic oxidation sites excluding steroid dienone is 2. The van der Waals surface area contributed by atoms with E-state index in [9.17, 15) is 24.2 Å². The smallest absolute Gasteiger partial charge is 0.410 e. The molecule has 4 aromatic carbocycles. The van der Waals surface area contributed by atoms with Crippen molar-refractivity contribution in [2.24, 2.45) is 5.41 Å². The van der Waals surface area contributed by atoms with Crippen molar-refractivity contribution < 1.29 is 28.9 Å². The first-order chi connectivity index (χ1) is 24.9. The number of ketones is 1. The van der Waals surface area contributed by atoms with E-state index in [0.717, 1.165) is 33.9 Å². The number of Topliss-reactive ketones (excluding diaryl/α,β-unsaturated/α-hetero) is 1. The molecule has 1 amide bonds. The molecule has 3 aliphatic carbocycles. The van der Waals surface area contributed by atoms with E-state index in [-0.39, 0.29) is 48.4 Å². The third-order valence-corrected chi connectivity index (χ3v) is 11.9. The summed E-state index contributed by atoms with van der Waals surface area (Å²) in [5, 5.41) is 26.2. The van der Waals surface area contributed by atoms with Gasteiger partial charge in [0.1, 0.15) is 5.82 Å². The number of fused-ring (bicyclic) bond motifs is 9. The van der Waals surface area contributed by atoms with Gasteiger partial charge in [0, 0.05) is 34.5 Å². The minimum Gasteiger partial charge on any atom is -0.450 e. The molecule has 4 atom stereocenters. The number of rotatable bonds is 8. The Kier molecular flexibility index (Phi) is 11.5. The van der Waals surface area contributed by atoms with Gasteiger partial charge in [-0.3, -0.25) is 4.79 Å². The number of hydrogen-bond acceptors (Lipinski definition) is 5. The average molecular weight is 726 g/mol. The molecule has 0 spiro atoms. The van der Waals surface area contributed by atoms with Gasteiger partial charge in [-0.25, -0.2) is 9.18 Å². The van der Waals surface area contributed by atoms with Crippen LogP contribution in [0.15, 0.2) is 90.5 Å². The maximum atomic E-state index is 15.0. The molecule has 0 saturated heterocycles. The van der Waals surface area contributed by atoms with Gasteiger partial charge >= 0.3 is 6.09 Å². The number of aliphatic hydroxyl groups is 2. The third-order valence-electron chi connectivity index (χ3n) is 11.6. The molecule has 1 fully saturated rings. The Morgan fingerprint density at radius 1 is 1.02 bits per heavy atom. The molecule has 0 aliphatic heterocycles. The van der Waals surface area contributed by atoms with Gasteiger partial charge in [-0.1, -0.05) is 90.8 Å². The average Bonchev–Trinajstić information content (AvgIpc) is 3.37. The normalized spacial score (nSPS) is 23.5. The molecule has 2 N–H and O–H groups in total. The minimum absolute atomic E-state index is 0.0448. The van der Waals surface area contributed by atoms with Crippen LogP contribution in [0.25, 0.3) is 10.8 Å². The van der Waals surface area contributed by atoms with Gasteiger partial charge in [0.25, 0.3) is 0 Å². The molecule has 0 unspecified atom stereocenters. The van der Waals surface area contributed by atoms with Crippen LogP contribution in [0.1, 0.15) is 97.8 Å². The molecule has 3 aliphatic rings. The van der Waals surface area contributed by atoms with Crippen LogP contribution in [0.3, 0.4) is 0 Å². The number of hydrogen-bond donors (Lipinski definition) is 2. The summed E-state index contributed by atoms with van der Waals surface area (Å²) in [5.41, 5.74) is 2.21. The van der Waals surface area contributed by atoms with Crippen molar-refractivity contribution in [3.8, 4) is 0 Å². The number of benzene rings is 4. The Morgan fingerprint density at radius 2 is 1.79 bits per heavy atom. The van der Waals surface area contributed by atoms with E-state index < -0.39 is 29.0 Å². The van der Waals surface area contributed by atoms with Crippen molar-refractivity contribution in [2.75, 3.05) is 13.2 Å². The largest absolute Gasteiger partial charge is 0.450 e. The van der Waals surface area contributed by atoms with Gasteiger partial charge in [-0.2, -0.15) is 0 Å². The molecular weight excluding hydrogens is 677 g/mol. The van der Waals surface area contributed by atoms with E-state index in [2.05, 4.69) is 19.9 Å². The van der Waals surface area contributed by atoms with Gasteiger partial charge < -0.3 is 19.8 Å². The highest BCUT2D eigenvalue weighted by molar-refractivity contribution is 6.31. The summed E-state index contributed by atoms with van der Waals surface area (Å²) in [6.07, 6.45) is 4.80. The van der Waals surface area contributed by atoms with E-state index in [1.165, 1.54) is 17.7 Å². The molecule has 6 nitrogen and oxygen atoms in total. The van der Waals surface area contributed by atoms with Crippen LogP contribution in [-0.4, -0.2) is 51.8 Å². The van der Waals surface area contributed by atoms with Crippen LogP contribution in [-0.2, 0) is 24.1 Å². The fourth-order valence-electron chi connectivity index (χ4n) is 8.55. The monoisotopic (exact) mass is 725 g/mol. The van der Waals surface area contributed by atoms with Gasteiger partial charge in [0.05, 0.1) is 24.9 Å². The molecule has 0 aromatic heterocycles. The van der Waals surface area contributed by atoms with Crippen molar-refractivity contribution in [3.05, 3.63) is 129 Å². The number of halogens is 2. The number of nitrogens with zero attached hydrogens (tertiary/aromatic N) is 1. The summed E-state index contributed by atoms with van der Waals surface area (Å²) in [5.74, 6) is -1.07. The highest BCUT2D eigenvalue weighted by Gasteiger charge is 2.57. The van der Waals surface area contributed by atoms with Crippen molar-refractivity contribution in [1.82, 2.24) is 4.90 Å². The maximum absolute atomic E-state index is 15.0. The minimum atomic E-state index is -1.34. The first-order valence-corrected chi connectivity index (χ1v) is 18.8. The molecule has 0 heterocycles. The lowest BCUT2D eigenvalue weighted by molar-refractivity contribution is -0.0820. The maximum Gasteiger partial charge on any atom is 0.410 e. The molecule has 7 rings (SSSR count). The lowest BCUT2D eigenvalue weighted by Gasteiger charge is -2.46. The first-order valence-electron chi connectivity index (χ1n) is 18.5. The Balaban J connectivity index is 1.42. The molecule has 8 heteroatoms. The van der Waals surface area contributed by atoms with Crippen molar-refractivity contribution in [2.45, 2.75) is 96.3 Å². The number of aliphatic hydroxyl groups excluding tert-OH is 1. The highest BCUT2D eigenvalue weighted by Crippen LogP contribution is 2.59. The van der Waals surface area contributed by atoms with Gasteiger partial charge in [-0.15, -0.1) is 0 Å². The van der Waals surface area contributed by atoms with Crippen LogP contribution in [0.5, 0.6) is 0 Å². The zero-order valence-corrected chi connectivity index (χ0v) is 31.1. The predicted octanol–water partition coefficient (Wildman–Crippen LogP) is 9.75. The van der Waals surface area contributed by atoms with E-state index >= 15 is 0 Å². The molecule has 0 radical (unpaired) electrons. The SMILES string of the molecule is CCOC(=O)N(Cc1cccc2ccccc12)C[C@]1(O)CC[C@H]2c3ccc(cc3C(=O)Cc3c(F)cccc3Cl)C[C@@H](O)CCC(C)=CCC[C@@]21C. The van der Waals surface area contributed by atoms with Crippen molar-refractivity contribution in [1.29, 1.82) is 0 Å². The van der Waals surface area contributed by atoms with Crippen molar-refractivity contribution in [3.63, 3.8) is 0 Å². The summed E-state index contributed by atoms with van der Waals surface area (Å²) < 4.78 is 20.5. The molecule has 4 aromatic rings. The van der Waals surface area contributed by atoms with Crippen LogP contribution in [0.2, 0.25) is 5.02 Å². The molecule has 2 bridgehead atoms. The fourth-order valence-corrected chi connectivity index (χ4v) is 8.78. The standard InChI is InChI=1S/C44H49ClFNO5/c1-4-52-42(50)47(27-32-13-7-12-31-11-5-6-14-34(31)32)28-44(51)23-21-38-35-20-18-30(24-33(48)19-17-29(2)10-9-22-43(38,44)3)25-36(35)41(49)26-37-39(45)15-8-16-40(37)46/h5-8,10-16,18,20,25,33,38,48,51H,4,9,17,19,21-24,26-28H2,1-3H3/t33-,38-,43-,44+/m0/s1. The number of carbonyl (C=O) groups is 2. The van der Waals surface area contributed by atoms with Crippen LogP contribution in [0.4, 0.5) is 9.18 Å². The summed E-state index contributed by atoms with van der Waals surface area (Å²) >= 11 is 6.39. The Labute approximate surface area is 311 Å². The number of ether oxygens (including phenoxy) is 1. The van der Waals surface area contributed by atoms with E-state index in [4.69, 9.17) is 16.3 Å². The zero-order valence-electron chi connectivity index (χ0n) is 30.3. The number of amides is 1. The molecule has 1 saturated carbocycles. The second-order valence-corrected chi connectivity index (χ2v) is 15.3. The van der Waals surface area contributed by atoms with E-state index in [1.807, 2.05) is 60.7 Å². The van der Waals surface area contributed by atoms with Crippen LogP contribution < -0.4 is 0 Å². The van der Waals surface area contributed by atoms with Crippen LogP contribution in [0, 0.1) is 11.2 Å². The van der Waals surface area contributed by atoms with Gasteiger partial charge in [0.2, 0.25) is 0 Å². The Morgan fingerprint density at radius 3 is 2.58 bits per heavy atom. The molecular formula is C44H49ClFNO5. The predicted molar refractivity (Wildman–Crippen MR) is 204 cm³/mol.